The lowest BCUT2D eigenvalue weighted by Crippen LogP contribution is -2.40. The van der Waals surface area contributed by atoms with Crippen molar-refractivity contribution in [1.29, 1.82) is 0 Å². The first kappa shape index (κ1) is 29.4. The summed E-state index contributed by atoms with van der Waals surface area (Å²) in [7, 11) is 0. The predicted molar refractivity (Wildman–Crippen MR) is 187 cm³/mol. The lowest BCUT2D eigenvalue weighted by Gasteiger charge is -2.24. The van der Waals surface area contributed by atoms with E-state index in [1.54, 1.807) is 0 Å². The van der Waals surface area contributed by atoms with E-state index in [2.05, 4.69) is 147 Å². The molecule has 0 saturated heterocycles. The molecule has 0 aliphatic carbocycles. The molecule has 4 aromatic carbocycles. The molecule has 1 aliphatic heterocycles. The van der Waals surface area contributed by atoms with Crippen molar-refractivity contribution in [2.75, 3.05) is 0 Å². The number of nitrogens with one attached hydrogen (secondary N) is 1. The molecule has 5 aromatic rings. The average Bonchev–Trinajstić information content (AvgIpc) is 3.37. The summed E-state index contributed by atoms with van der Waals surface area (Å²) in [6.07, 6.45) is 6.61. The highest BCUT2D eigenvalue weighted by Gasteiger charge is 2.24. The lowest BCUT2D eigenvalue weighted by molar-refractivity contribution is 0.485. The summed E-state index contributed by atoms with van der Waals surface area (Å²) < 4.78 is 2.32. The van der Waals surface area contributed by atoms with Crippen LogP contribution in [0.15, 0.2) is 125 Å². The first-order chi connectivity index (χ1) is 21.6. The van der Waals surface area contributed by atoms with E-state index >= 15 is 0 Å². The molecule has 1 N–H and O–H groups in total. The number of rotatable bonds is 9. The number of aromatic nitrogens is 1. The summed E-state index contributed by atoms with van der Waals surface area (Å²) in [4.78, 5) is 10.4. The largest absolute Gasteiger partial charge is 0.310 e. The smallest absolute Gasteiger partial charge is 0.211 e. The number of para-hydroxylation sites is 1. The Labute approximate surface area is 261 Å². The molecule has 4 nitrogen and oxygen atoms in total. The third-order valence-corrected chi connectivity index (χ3v) is 8.98. The first-order valence-electron chi connectivity index (χ1n) is 16.0. The first-order valence-corrected chi connectivity index (χ1v) is 16.0. The molecule has 2 heterocycles. The Morgan fingerprint density at radius 3 is 2.02 bits per heavy atom. The van der Waals surface area contributed by atoms with Crippen molar-refractivity contribution < 1.29 is 0 Å². The molecule has 1 unspecified atom stereocenters. The number of nitrogens with zero attached hydrogens (tertiary/aromatic N) is 3. The van der Waals surface area contributed by atoms with Gasteiger partial charge in [0, 0.05) is 10.9 Å². The Hall–Kier alpha value is -4.70. The highest BCUT2D eigenvalue weighted by atomic mass is 15.3. The van der Waals surface area contributed by atoms with Crippen LogP contribution in [-0.2, 0) is 0 Å². The molecule has 44 heavy (non-hydrogen) atoms. The standard InChI is InChI=1S/C40H42N4/c1-5-29(6-2)26-30(7-3)27-37-28(4)35-20-14-15-21-36(35)44(37)40-42-38(33-18-12-9-13-19-33)41-39(43-40)34-24-22-32(23-25-34)31-16-10-8-11-17-31/h8-25,27,29,39H,5-7,26H2,1-4H3,(H,41,42,43)/b30-27-. The van der Waals surface area contributed by atoms with Crippen LogP contribution in [0.2, 0.25) is 0 Å². The number of benzene rings is 4. The Kier molecular flexibility index (Phi) is 8.88. The van der Waals surface area contributed by atoms with Gasteiger partial charge in [-0.15, -0.1) is 0 Å². The van der Waals surface area contributed by atoms with Gasteiger partial charge >= 0.3 is 0 Å². The van der Waals surface area contributed by atoms with Crippen molar-refractivity contribution in [3.8, 4) is 11.1 Å². The summed E-state index contributed by atoms with van der Waals surface area (Å²) >= 11 is 0. The summed E-state index contributed by atoms with van der Waals surface area (Å²) in [5.41, 5.74) is 9.57. The maximum absolute atomic E-state index is 5.30. The normalized spacial score (nSPS) is 15.3. The maximum Gasteiger partial charge on any atom is 0.211 e. The van der Waals surface area contributed by atoms with Crippen molar-refractivity contribution >= 4 is 28.8 Å². The van der Waals surface area contributed by atoms with E-state index in [1.807, 2.05) is 6.07 Å². The Bertz CT molecular complexity index is 1800. The monoisotopic (exact) mass is 578 g/mol. The van der Waals surface area contributed by atoms with Gasteiger partial charge in [-0.3, -0.25) is 4.57 Å². The molecule has 0 bridgehead atoms. The molecule has 222 valence electrons. The van der Waals surface area contributed by atoms with Crippen LogP contribution in [0.1, 0.15) is 75.0 Å². The average molecular weight is 579 g/mol. The van der Waals surface area contributed by atoms with Crippen LogP contribution < -0.4 is 5.32 Å². The van der Waals surface area contributed by atoms with Gasteiger partial charge in [0.25, 0.3) is 0 Å². The van der Waals surface area contributed by atoms with E-state index in [0.717, 1.165) is 41.3 Å². The minimum Gasteiger partial charge on any atom is -0.310 e. The van der Waals surface area contributed by atoms with Crippen molar-refractivity contribution in [2.24, 2.45) is 15.9 Å². The van der Waals surface area contributed by atoms with Crippen molar-refractivity contribution in [2.45, 2.75) is 59.5 Å². The zero-order chi connectivity index (χ0) is 30.5. The van der Waals surface area contributed by atoms with Gasteiger partial charge in [-0.1, -0.05) is 142 Å². The molecule has 4 heteroatoms. The van der Waals surface area contributed by atoms with Gasteiger partial charge in [0.2, 0.25) is 5.96 Å². The lowest BCUT2D eigenvalue weighted by atomic mass is 9.92. The third-order valence-electron chi connectivity index (χ3n) is 8.98. The molecular weight excluding hydrogens is 536 g/mol. The SMILES string of the molecule is CC/C(=C/c1c(C)c2ccccc2n1C1=NC(c2ccc(-c3ccccc3)cc2)N=C(c2ccccc2)N1)CC(CC)CC. The zero-order valence-corrected chi connectivity index (χ0v) is 26.3. The predicted octanol–water partition coefficient (Wildman–Crippen LogP) is 10.2. The van der Waals surface area contributed by atoms with Crippen molar-refractivity contribution in [3.63, 3.8) is 0 Å². The summed E-state index contributed by atoms with van der Waals surface area (Å²) in [5, 5.41) is 4.90. The summed E-state index contributed by atoms with van der Waals surface area (Å²) in [5.74, 6) is 2.32. The van der Waals surface area contributed by atoms with E-state index in [-0.39, 0.29) is 6.17 Å². The molecule has 6 rings (SSSR count). The van der Waals surface area contributed by atoms with Crippen LogP contribution in [0.4, 0.5) is 0 Å². The van der Waals surface area contributed by atoms with Gasteiger partial charge < -0.3 is 5.32 Å². The second-order valence-electron chi connectivity index (χ2n) is 11.7. The van der Waals surface area contributed by atoms with E-state index in [1.165, 1.54) is 46.2 Å². The van der Waals surface area contributed by atoms with Crippen molar-refractivity contribution in [3.05, 3.63) is 137 Å². The van der Waals surface area contributed by atoms with Crippen molar-refractivity contribution in [1.82, 2.24) is 9.88 Å². The molecule has 0 saturated carbocycles. The maximum atomic E-state index is 5.30. The van der Waals surface area contributed by atoms with E-state index in [4.69, 9.17) is 9.98 Å². The number of fused-ring (bicyclic) bond motifs is 1. The quantitative estimate of drug-likeness (QED) is 0.186. The highest BCUT2D eigenvalue weighted by Crippen LogP contribution is 2.32. The van der Waals surface area contributed by atoms with Gasteiger partial charge in [0.15, 0.2) is 6.17 Å². The Morgan fingerprint density at radius 2 is 1.36 bits per heavy atom. The van der Waals surface area contributed by atoms with E-state index < -0.39 is 0 Å². The summed E-state index contributed by atoms with van der Waals surface area (Å²) in [6, 6.07) is 38.2. The van der Waals surface area contributed by atoms with Gasteiger partial charge in [-0.05, 0) is 60.1 Å². The van der Waals surface area contributed by atoms with Crippen LogP contribution in [0.25, 0.3) is 28.1 Å². The second kappa shape index (κ2) is 13.3. The highest BCUT2D eigenvalue weighted by molar-refractivity contribution is 6.13. The third kappa shape index (κ3) is 6.03. The minimum absolute atomic E-state index is 0.375. The molecule has 1 aliphatic rings. The van der Waals surface area contributed by atoms with Gasteiger partial charge in [0.1, 0.15) is 5.84 Å². The molecule has 0 spiro atoms. The Morgan fingerprint density at radius 1 is 0.750 bits per heavy atom. The summed E-state index contributed by atoms with van der Waals surface area (Å²) in [6.45, 7) is 9.13. The van der Waals surface area contributed by atoms with Crippen LogP contribution in [0.3, 0.4) is 0 Å². The molecule has 0 fully saturated rings. The zero-order valence-electron chi connectivity index (χ0n) is 26.3. The van der Waals surface area contributed by atoms with E-state index in [9.17, 15) is 0 Å². The molecule has 1 atom stereocenters. The molecule has 0 amide bonds. The fraction of sp³-hybridized carbons (Fsp3) is 0.250. The van der Waals surface area contributed by atoms with Crippen LogP contribution >= 0.6 is 0 Å². The molecule has 1 aromatic heterocycles. The second-order valence-corrected chi connectivity index (χ2v) is 11.7. The van der Waals surface area contributed by atoms with Gasteiger partial charge in [-0.25, -0.2) is 9.98 Å². The minimum atomic E-state index is -0.375. The van der Waals surface area contributed by atoms with Crippen LogP contribution in [0.5, 0.6) is 0 Å². The number of hydrogen-bond acceptors (Lipinski definition) is 3. The Balaban J connectivity index is 1.49. The number of allylic oxidation sites excluding steroid dienone is 1. The van der Waals surface area contributed by atoms with Crippen LogP contribution in [-0.4, -0.2) is 16.4 Å². The van der Waals surface area contributed by atoms with Gasteiger partial charge in [0.05, 0.1) is 11.2 Å². The number of amidine groups is 1. The van der Waals surface area contributed by atoms with Crippen LogP contribution in [0, 0.1) is 12.8 Å². The fourth-order valence-corrected chi connectivity index (χ4v) is 6.19. The number of aryl methyl sites for hydroxylation is 1. The van der Waals surface area contributed by atoms with E-state index in [0.29, 0.717) is 5.92 Å². The molecular formula is C40H42N4. The molecule has 0 radical (unpaired) electrons. The topological polar surface area (TPSA) is 41.7 Å². The van der Waals surface area contributed by atoms with Gasteiger partial charge in [-0.2, -0.15) is 0 Å². The number of hydrogen-bond donors (Lipinski definition) is 1. The fourth-order valence-electron chi connectivity index (χ4n) is 6.19. The number of aliphatic imine (C=N–C) groups is 2.